The van der Waals surface area contributed by atoms with E-state index in [0.717, 1.165) is 15.7 Å². The molecule has 3 atom stereocenters. The number of hydrogen-bond acceptors (Lipinski definition) is 3. The van der Waals surface area contributed by atoms with Crippen LogP contribution < -0.4 is 0 Å². The highest BCUT2D eigenvalue weighted by molar-refractivity contribution is 8.03. The van der Waals surface area contributed by atoms with E-state index in [2.05, 4.69) is 51.5 Å². The topological polar surface area (TPSA) is 0 Å². The van der Waals surface area contributed by atoms with Crippen LogP contribution in [0.15, 0.2) is 0 Å². The van der Waals surface area contributed by atoms with Gasteiger partial charge in [-0.05, 0) is 37.5 Å². The van der Waals surface area contributed by atoms with Crippen LogP contribution in [0.2, 0.25) is 0 Å². The summed E-state index contributed by atoms with van der Waals surface area (Å²) in [6.45, 7) is 6.88. The van der Waals surface area contributed by atoms with Gasteiger partial charge >= 0.3 is 0 Å². The lowest BCUT2D eigenvalue weighted by molar-refractivity contribution is 0.772. The van der Waals surface area contributed by atoms with Gasteiger partial charge in [0.05, 0.1) is 0 Å². The third-order valence-electron chi connectivity index (χ3n) is 2.61. The largest absolute Gasteiger partial charge is 0.161 e. The maximum Gasteiger partial charge on any atom is 0.0164 e. The molecule has 91 valence electrons. The Balaban J connectivity index is 3.86. The van der Waals surface area contributed by atoms with Crippen molar-refractivity contribution in [3.05, 3.63) is 6.42 Å². The Morgan fingerprint density at radius 2 is 1.80 bits per heavy atom. The minimum atomic E-state index is 0.763. The van der Waals surface area contributed by atoms with Crippen LogP contribution in [0.3, 0.4) is 0 Å². The van der Waals surface area contributed by atoms with E-state index in [4.69, 9.17) is 0 Å². The third kappa shape index (κ3) is 7.06. The number of hydrogen-bond donors (Lipinski definition) is 0. The second-order valence-corrected chi connectivity index (χ2v) is 7.40. The van der Waals surface area contributed by atoms with Crippen LogP contribution in [0.1, 0.15) is 33.6 Å². The van der Waals surface area contributed by atoms with Crippen molar-refractivity contribution >= 4 is 35.3 Å². The summed E-state index contributed by atoms with van der Waals surface area (Å²) in [6.07, 6.45) is 9.51. The molecule has 0 aromatic heterocycles. The zero-order valence-electron chi connectivity index (χ0n) is 10.7. The Morgan fingerprint density at radius 1 is 1.13 bits per heavy atom. The predicted molar refractivity (Wildman–Crippen MR) is 81.4 cm³/mol. The second kappa shape index (κ2) is 10.2. The van der Waals surface area contributed by atoms with E-state index in [1.54, 1.807) is 0 Å². The summed E-state index contributed by atoms with van der Waals surface area (Å²) < 4.78 is 0. The van der Waals surface area contributed by atoms with E-state index < -0.39 is 0 Å². The van der Waals surface area contributed by atoms with Gasteiger partial charge in [0, 0.05) is 15.7 Å². The fourth-order valence-corrected chi connectivity index (χ4v) is 4.16. The molecular formula is C12H25S3. The molecule has 0 saturated heterocycles. The minimum Gasteiger partial charge on any atom is -0.161 e. The van der Waals surface area contributed by atoms with Crippen molar-refractivity contribution in [2.24, 2.45) is 0 Å². The Labute approximate surface area is 109 Å². The first-order valence-electron chi connectivity index (χ1n) is 5.70. The van der Waals surface area contributed by atoms with Gasteiger partial charge in [-0.15, -0.1) is 0 Å². The fourth-order valence-electron chi connectivity index (χ4n) is 1.48. The summed E-state index contributed by atoms with van der Waals surface area (Å²) in [5.74, 6) is 1.23. The van der Waals surface area contributed by atoms with E-state index in [1.165, 1.54) is 18.6 Å². The SMILES string of the molecule is CCSC([CH]CC(SC)C(C)SC)CC. The Morgan fingerprint density at radius 3 is 2.20 bits per heavy atom. The number of rotatable bonds is 9. The fraction of sp³-hybridized carbons (Fsp3) is 0.917. The zero-order valence-corrected chi connectivity index (χ0v) is 13.1. The van der Waals surface area contributed by atoms with Gasteiger partial charge in [-0.25, -0.2) is 0 Å². The minimum absolute atomic E-state index is 0.763. The Hall–Kier alpha value is 1.05. The Kier molecular flexibility index (Phi) is 10.9. The molecule has 0 amide bonds. The van der Waals surface area contributed by atoms with Gasteiger partial charge in [0.2, 0.25) is 0 Å². The second-order valence-electron chi connectivity index (χ2n) is 3.59. The quantitative estimate of drug-likeness (QED) is 0.598. The van der Waals surface area contributed by atoms with Gasteiger partial charge in [-0.1, -0.05) is 20.8 Å². The van der Waals surface area contributed by atoms with E-state index >= 15 is 0 Å². The van der Waals surface area contributed by atoms with Gasteiger partial charge in [0.1, 0.15) is 0 Å². The summed E-state index contributed by atoms with van der Waals surface area (Å²) in [5.41, 5.74) is 0. The summed E-state index contributed by atoms with van der Waals surface area (Å²) in [5, 5.41) is 2.31. The maximum atomic E-state index is 2.53. The summed E-state index contributed by atoms with van der Waals surface area (Å²) in [7, 11) is 0. The van der Waals surface area contributed by atoms with Crippen LogP contribution in [0.5, 0.6) is 0 Å². The van der Waals surface area contributed by atoms with Crippen molar-refractivity contribution in [3.8, 4) is 0 Å². The summed E-state index contributed by atoms with van der Waals surface area (Å²) in [6, 6.07) is 0. The van der Waals surface area contributed by atoms with Crippen LogP contribution in [0, 0.1) is 6.42 Å². The zero-order chi connectivity index (χ0) is 11.7. The van der Waals surface area contributed by atoms with E-state index in [-0.39, 0.29) is 0 Å². The van der Waals surface area contributed by atoms with Crippen molar-refractivity contribution in [1.29, 1.82) is 0 Å². The van der Waals surface area contributed by atoms with E-state index in [9.17, 15) is 0 Å². The molecule has 3 unspecified atom stereocenters. The monoisotopic (exact) mass is 265 g/mol. The van der Waals surface area contributed by atoms with Crippen LogP contribution in [-0.2, 0) is 0 Å². The molecule has 0 nitrogen and oxygen atoms in total. The van der Waals surface area contributed by atoms with Gasteiger partial charge in [-0.2, -0.15) is 35.3 Å². The Bertz CT molecular complexity index is 139. The van der Waals surface area contributed by atoms with Crippen molar-refractivity contribution in [2.75, 3.05) is 18.3 Å². The molecule has 3 heteroatoms. The van der Waals surface area contributed by atoms with Crippen molar-refractivity contribution in [2.45, 2.75) is 49.4 Å². The molecule has 0 rings (SSSR count). The smallest absolute Gasteiger partial charge is 0.0164 e. The standard InChI is InChI=1S/C12H25S3/c1-6-11(15-7-2)8-9-12(14-5)10(3)13-4/h8,10-12H,6-7,9H2,1-5H3. The maximum absolute atomic E-state index is 2.53. The van der Waals surface area contributed by atoms with E-state index in [1.807, 2.05) is 23.5 Å². The predicted octanol–water partition coefficient (Wildman–Crippen LogP) is 4.60. The molecule has 15 heavy (non-hydrogen) atoms. The lowest BCUT2D eigenvalue weighted by Gasteiger charge is -2.22. The van der Waals surface area contributed by atoms with Gasteiger partial charge in [0.25, 0.3) is 0 Å². The molecule has 0 heterocycles. The molecule has 0 aromatic carbocycles. The molecular weight excluding hydrogens is 240 g/mol. The van der Waals surface area contributed by atoms with Crippen molar-refractivity contribution < 1.29 is 0 Å². The molecule has 0 aliphatic rings. The van der Waals surface area contributed by atoms with Crippen LogP contribution in [-0.4, -0.2) is 34.0 Å². The van der Waals surface area contributed by atoms with Crippen LogP contribution in [0.25, 0.3) is 0 Å². The average molecular weight is 266 g/mol. The number of thioether (sulfide) groups is 3. The first kappa shape index (κ1) is 16.1. The van der Waals surface area contributed by atoms with Gasteiger partial charge in [0.15, 0.2) is 0 Å². The molecule has 0 saturated carbocycles. The third-order valence-corrected chi connectivity index (χ3v) is 6.35. The van der Waals surface area contributed by atoms with Crippen molar-refractivity contribution in [3.63, 3.8) is 0 Å². The molecule has 0 aromatic rings. The lowest BCUT2D eigenvalue weighted by atomic mass is 10.1. The molecule has 0 aliphatic heterocycles. The lowest BCUT2D eigenvalue weighted by Crippen LogP contribution is -2.18. The molecule has 1 radical (unpaired) electrons. The van der Waals surface area contributed by atoms with E-state index in [0.29, 0.717) is 0 Å². The molecule has 0 bridgehead atoms. The summed E-state index contributed by atoms with van der Waals surface area (Å²) >= 11 is 6.07. The highest BCUT2D eigenvalue weighted by atomic mass is 32.2. The molecule has 0 spiro atoms. The first-order valence-corrected chi connectivity index (χ1v) is 9.32. The van der Waals surface area contributed by atoms with Gasteiger partial charge < -0.3 is 0 Å². The first-order chi connectivity index (χ1) is 7.19. The summed E-state index contributed by atoms with van der Waals surface area (Å²) in [4.78, 5) is 0. The molecule has 0 aliphatic carbocycles. The molecule has 0 N–H and O–H groups in total. The molecule has 0 fully saturated rings. The van der Waals surface area contributed by atoms with Crippen molar-refractivity contribution in [1.82, 2.24) is 0 Å². The highest BCUT2D eigenvalue weighted by Crippen LogP contribution is 2.28. The van der Waals surface area contributed by atoms with Gasteiger partial charge in [-0.3, -0.25) is 0 Å². The van der Waals surface area contributed by atoms with Crippen LogP contribution in [0.4, 0.5) is 0 Å². The average Bonchev–Trinajstić information content (AvgIpc) is 2.27. The van der Waals surface area contributed by atoms with Crippen LogP contribution >= 0.6 is 35.3 Å². The normalized spacial score (nSPS) is 17.4. The highest BCUT2D eigenvalue weighted by Gasteiger charge is 2.17.